The first-order chi connectivity index (χ1) is 18.5. The number of carboxylic acids is 1. The van der Waals surface area contributed by atoms with Gasteiger partial charge >= 0.3 is 17.9 Å². The fourth-order valence-electron chi connectivity index (χ4n) is 4.17. The number of rotatable bonds is 8. The molecule has 1 aromatic heterocycles. The van der Waals surface area contributed by atoms with Gasteiger partial charge in [0, 0.05) is 18.1 Å². The van der Waals surface area contributed by atoms with Gasteiger partial charge in [0.1, 0.15) is 46.3 Å². The summed E-state index contributed by atoms with van der Waals surface area (Å²) in [6.45, 7) is 1.12. The number of hydrogen-bond acceptors (Lipinski definition) is 12. The van der Waals surface area contributed by atoms with Crippen molar-refractivity contribution >= 4 is 22.9 Å². The van der Waals surface area contributed by atoms with Gasteiger partial charge in [0.25, 0.3) is 0 Å². The lowest BCUT2D eigenvalue weighted by molar-refractivity contribution is -0.261. The van der Waals surface area contributed by atoms with Gasteiger partial charge in [0.2, 0.25) is 11.7 Å². The first kappa shape index (κ1) is 27.9. The highest BCUT2D eigenvalue weighted by molar-refractivity contribution is 5.93. The van der Waals surface area contributed by atoms with E-state index in [-0.39, 0.29) is 27.8 Å². The van der Waals surface area contributed by atoms with Gasteiger partial charge in [-0.25, -0.2) is 0 Å². The number of ether oxygens (including phenoxy) is 4. The van der Waals surface area contributed by atoms with Crippen molar-refractivity contribution in [3.05, 3.63) is 46.6 Å². The van der Waals surface area contributed by atoms with Crippen LogP contribution in [0.2, 0.25) is 0 Å². The summed E-state index contributed by atoms with van der Waals surface area (Å²) in [5.74, 6) is -4.20. The van der Waals surface area contributed by atoms with Gasteiger partial charge in [0.15, 0.2) is 0 Å². The summed E-state index contributed by atoms with van der Waals surface area (Å²) in [5, 5.41) is 49.6. The van der Waals surface area contributed by atoms with Gasteiger partial charge in [-0.3, -0.25) is 14.4 Å². The number of esters is 1. The molecule has 2 aromatic carbocycles. The van der Waals surface area contributed by atoms with Crippen LogP contribution in [0, 0.1) is 5.92 Å². The number of carbonyl (C=O) groups excluding carboxylic acids is 1. The van der Waals surface area contributed by atoms with Gasteiger partial charge in [-0.15, -0.1) is 0 Å². The third-order valence-electron chi connectivity index (χ3n) is 6.29. The van der Waals surface area contributed by atoms with E-state index in [4.69, 9.17) is 28.5 Å². The van der Waals surface area contributed by atoms with Crippen molar-refractivity contribution in [2.45, 2.75) is 37.9 Å². The Bertz CT molecular complexity index is 1430. The molecule has 5 unspecified atom stereocenters. The van der Waals surface area contributed by atoms with Crippen LogP contribution in [0.3, 0.4) is 0 Å². The van der Waals surface area contributed by atoms with E-state index in [1.54, 1.807) is 6.92 Å². The van der Waals surface area contributed by atoms with Gasteiger partial charge in [-0.1, -0.05) is 19.1 Å². The first-order valence-corrected chi connectivity index (χ1v) is 11.7. The second-order valence-electron chi connectivity index (χ2n) is 8.87. The minimum atomic E-state index is -1.52. The van der Waals surface area contributed by atoms with E-state index in [2.05, 4.69) is 0 Å². The highest BCUT2D eigenvalue weighted by atomic mass is 16.7. The van der Waals surface area contributed by atoms with E-state index < -0.39 is 72.6 Å². The standard InChI is InChI=1S/C26H26O13/c1-11-17(10-27)38-26(24(34)22(11)32)36-14-7-15(28)21-16(8-14)37-25(39-19(31)9-18(29)30)20(23(21)33)12-3-5-13(35-2)6-4-12/h3-8,11,17,22,24,26-28,32,34H,9-10H2,1-2H3,(H,29,30). The summed E-state index contributed by atoms with van der Waals surface area (Å²) < 4.78 is 27.0. The molecule has 0 aliphatic carbocycles. The zero-order valence-corrected chi connectivity index (χ0v) is 20.8. The number of carboxylic acid groups (broad SMARTS) is 1. The zero-order valence-electron chi connectivity index (χ0n) is 20.8. The van der Waals surface area contributed by atoms with Crippen LogP contribution in [0.25, 0.3) is 22.1 Å². The lowest BCUT2D eigenvalue weighted by Gasteiger charge is -2.40. The predicted octanol–water partition coefficient (Wildman–Crippen LogP) is 1.01. The van der Waals surface area contributed by atoms with Crippen LogP contribution in [0.4, 0.5) is 0 Å². The number of methoxy groups -OCH3 is 1. The highest BCUT2D eigenvalue weighted by Gasteiger charge is 2.43. The van der Waals surface area contributed by atoms with Crippen molar-refractivity contribution in [1.29, 1.82) is 0 Å². The van der Waals surface area contributed by atoms with Crippen molar-refractivity contribution in [3.8, 4) is 34.3 Å². The molecule has 0 bridgehead atoms. The van der Waals surface area contributed by atoms with Crippen LogP contribution in [0.1, 0.15) is 13.3 Å². The van der Waals surface area contributed by atoms with Crippen LogP contribution in [-0.2, 0) is 14.3 Å². The number of benzene rings is 2. The maximum Gasteiger partial charge on any atom is 0.324 e. The van der Waals surface area contributed by atoms with E-state index in [0.717, 1.165) is 12.1 Å². The SMILES string of the molecule is COc1ccc(-c2c(OC(=O)CC(=O)O)oc3cc(OC4OC(CO)C(C)C(O)C4O)cc(O)c3c2=O)cc1. The van der Waals surface area contributed by atoms with Crippen molar-refractivity contribution in [2.75, 3.05) is 13.7 Å². The Labute approximate surface area is 220 Å². The van der Waals surface area contributed by atoms with Gasteiger partial charge in [0.05, 0.1) is 25.9 Å². The molecule has 1 aliphatic rings. The van der Waals surface area contributed by atoms with Crippen LogP contribution >= 0.6 is 0 Å². The zero-order chi connectivity index (χ0) is 28.4. The number of hydrogen-bond donors (Lipinski definition) is 5. The summed E-state index contributed by atoms with van der Waals surface area (Å²) in [4.78, 5) is 36.6. The molecule has 0 radical (unpaired) electrons. The molecule has 0 saturated carbocycles. The smallest absolute Gasteiger partial charge is 0.324 e. The van der Waals surface area contributed by atoms with Crippen LogP contribution in [0.5, 0.6) is 23.2 Å². The van der Waals surface area contributed by atoms with E-state index in [1.165, 1.54) is 31.4 Å². The minimum Gasteiger partial charge on any atom is -0.507 e. The summed E-state index contributed by atoms with van der Waals surface area (Å²) >= 11 is 0. The number of aromatic hydroxyl groups is 1. The molecular formula is C26H26O13. The molecule has 0 amide bonds. The molecule has 13 nitrogen and oxygen atoms in total. The fourth-order valence-corrected chi connectivity index (χ4v) is 4.17. The molecule has 1 saturated heterocycles. The third-order valence-corrected chi connectivity index (χ3v) is 6.29. The molecule has 5 N–H and O–H groups in total. The molecule has 39 heavy (non-hydrogen) atoms. The van der Waals surface area contributed by atoms with Gasteiger partial charge in [-0.05, 0) is 17.7 Å². The van der Waals surface area contributed by atoms with E-state index >= 15 is 0 Å². The van der Waals surface area contributed by atoms with E-state index in [0.29, 0.717) is 5.75 Å². The Kier molecular flexibility index (Phi) is 8.06. The molecule has 13 heteroatoms. The minimum absolute atomic E-state index is 0.161. The van der Waals surface area contributed by atoms with Crippen LogP contribution in [0.15, 0.2) is 45.6 Å². The molecule has 2 heterocycles. The number of phenolic OH excluding ortho intramolecular Hbond substituents is 1. The maximum absolute atomic E-state index is 13.5. The lowest BCUT2D eigenvalue weighted by atomic mass is 9.91. The summed E-state index contributed by atoms with van der Waals surface area (Å²) in [7, 11) is 1.44. The van der Waals surface area contributed by atoms with Crippen molar-refractivity contribution in [3.63, 3.8) is 0 Å². The second kappa shape index (κ2) is 11.3. The number of carbonyl (C=O) groups is 2. The van der Waals surface area contributed by atoms with Crippen molar-refractivity contribution in [2.24, 2.45) is 5.92 Å². The van der Waals surface area contributed by atoms with Crippen molar-refractivity contribution in [1.82, 2.24) is 0 Å². The molecule has 5 atom stereocenters. The Morgan fingerprint density at radius 3 is 2.36 bits per heavy atom. The number of fused-ring (bicyclic) bond motifs is 1. The monoisotopic (exact) mass is 546 g/mol. The summed E-state index contributed by atoms with van der Waals surface area (Å²) in [6.07, 6.45) is -6.13. The predicted molar refractivity (Wildman–Crippen MR) is 132 cm³/mol. The number of aliphatic carboxylic acids is 1. The Balaban J connectivity index is 1.80. The fraction of sp³-hybridized carbons (Fsp3) is 0.346. The number of aliphatic hydroxyl groups excluding tert-OH is 3. The summed E-state index contributed by atoms with van der Waals surface area (Å²) in [5.41, 5.74) is -1.14. The van der Waals surface area contributed by atoms with Crippen LogP contribution < -0.4 is 19.6 Å². The summed E-state index contributed by atoms with van der Waals surface area (Å²) in [6, 6.07) is 8.22. The normalized spacial score (nSPS) is 22.8. The average Bonchev–Trinajstić information content (AvgIpc) is 2.88. The van der Waals surface area contributed by atoms with Gasteiger partial charge in [-0.2, -0.15) is 0 Å². The topological polar surface area (TPSA) is 202 Å². The lowest BCUT2D eigenvalue weighted by Crippen LogP contribution is -2.56. The number of phenols is 1. The van der Waals surface area contributed by atoms with E-state index in [9.17, 15) is 34.8 Å². The number of aliphatic hydroxyl groups is 3. The average molecular weight is 546 g/mol. The van der Waals surface area contributed by atoms with Crippen LogP contribution in [-0.4, -0.2) is 75.8 Å². The Morgan fingerprint density at radius 1 is 1.05 bits per heavy atom. The van der Waals surface area contributed by atoms with E-state index in [1.807, 2.05) is 0 Å². The molecule has 0 spiro atoms. The first-order valence-electron chi connectivity index (χ1n) is 11.7. The quantitative estimate of drug-likeness (QED) is 0.198. The molecule has 208 valence electrons. The van der Waals surface area contributed by atoms with Gasteiger partial charge < -0.3 is 48.9 Å². The Morgan fingerprint density at radius 2 is 1.74 bits per heavy atom. The largest absolute Gasteiger partial charge is 0.507 e. The van der Waals surface area contributed by atoms with Crippen molar-refractivity contribution < 1.29 is 58.5 Å². The molecule has 4 rings (SSSR count). The third kappa shape index (κ3) is 5.66. The molecule has 3 aromatic rings. The Hall–Kier alpha value is -4.17. The molecule has 1 fully saturated rings. The maximum atomic E-state index is 13.5. The molecule has 1 aliphatic heterocycles. The second-order valence-corrected chi connectivity index (χ2v) is 8.87. The molecular weight excluding hydrogens is 520 g/mol. The highest BCUT2D eigenvalue weighted by Crippen LogP contribution is 2.37.